The summed E-state index contributed by atoms with van der Waals surface area (Å²) in [6, 6.07) is 0. The van der Waals surface area contributed by atoms with Crippen LogP contribution in [0.4, 0.5) is 0 Å². The molecule has 2 aliphatic heterocycles. The van der Waals surface area contributed by atoms with Crippen molar-refractivity contribution in [3.05, 3.63) is 23.3 Å². The number of carbonyl (C=O) groups is 2. The Balaban J connectivity index is 1.27. The molecule has 11 atom stereocenters. The van der Waals surface area contributed by atoms with Crippen molar-refractivity contribution < 1.29 is 29.3 Å². The SMILES string of the molecule is CC1=C(CO)C(=O)OC([C@@H](C)C2CCC3C4C[C@H]5O[C@]56[C@@H](O)C=CC(=O)[C@]6(C)C4CC[C@@]32C)C1. The van der Waals surface area contributed by atoms with Gasteiger partial charge in [0.25, 0.3) is 0 Å². The van der Waals surface area contributed by atoms with E-state index in [1.54, 1.807) is 12.2 Å². The molecule has 6 rings (SSSR count). The Labute approximate surface area is 201 Å². The molecular weight excluding hydrogens is 432 g/mol. The molecule has 5 unspecified atom stereocenters. The van der Waals surface area contributed by atoms with E-state index >= 15 is 0 Å². The third-order valence-corrected chi connectivity index (χ3v) is 11.6. The topological polar surface area (TPSA) is 96.4 Å². The molecule has 0 bridgehead atoms. The molecule has 2 heterocycles. The zero-order chi connectivity index (χ0) is 24.2. The van der Waals surface area contributed by atoms with E-state index in [-0.39, 0.29) is 47.8 Å². The fourth-order valence-corrected chi connectivity index (χ4v) is 9.69. The first-order valence-corrected chi connectivity index (χ1v) is 13.2. The van der Waals surface area contributed by atoms with E-state index in [1.807, 2.05) is 6.92 Å². The van der Waals surface area contributed by atoms with Crippen LogP contribution >= 0.6 is 0 Å². The molecule has 6 aliphatic rings. The summed E-state index contributed by atoms with van der Waals surface area (Å²) in [6.45, 7) is 8.41. The summed E-state index contributed by atoms with van der Waals surface area (Å²) in [5, 5.41) is 20.4. The number of epoxide rings is 1. The lowest BCUT2D eigenvalue weighted by atomic mass is 9.44. The van der Waals surface area contributed by atoms with E-state index in [0.717, 1.165) is 37.7 Å². The van der Waals surface area contributed by atoms with Gasteiger partial charge in [0.1, 0.15) is 17.8 Å². The minimum atomic E-state index is -0.719. The number of cyclic esters (lactones) is 1. The van der Waals surface area contributed by atoms with Crippen molar-refractivity contribution in [2.75, 3.05) is 6.61 Å². The van der Waals surface area contributed by atoms with E-state index in [4.69, 9.17) is 9.47 Å². The van der Waals surface area contributed by atoms with E-state index in [2.05, 4.69) is 20.8 Å². The summed E-state index contributed by atoms with van der Waals surface area (Å²) in [6.07, 6.45) is 8.23. The van der Waals surface area contributed by atoms with Gasteiger partial charge in [-0.1, -0.05) is 19.4 Å². The lowest BCUT2D eigenvalue weighted by molar-refractivity contribution is -0.155. The van der Waals surface area contributed by atoms with Crippen LogP contribution in [0.3, 0.4) is 0 Å². The molecule has 3 saturated carbocycles. The number of allylic oxidation sites excluding steroid dienone is 1. The average Bonchev–Trinajstić information content (AvgIpc) is 3.43. The molecule has 0 aromatic rings. The van der Waals surface area contributed by atoms with E-state index in [0.29, 0.717) is 29.7 Å². The van der Waals surface area contributed by atoms with Gasteiger partial charge in [-0.2, -0.15) is 0 Å². The summed E-state index contributed by atoms with van der Waals surface area (Å²) >= 11 is 0. The number of aliphatic hydroxyl groups is 2. The molecule has 4 aliphatic carbocycles. The van der Waals surface area contributed by atoms with Gasteiger partial charge in [-0.05, 0) is 93.1 Å². The van der Waals surface area contributed by atoms with E-state index in [9.17, 15) is 19.8 Å². The minimum absolute atomic E-state index is 0.0366. The van der Waals surface area contributed by atoms with Crippen molar-refractivity contribution in [1.29, 1.82) is 0 Å². The molecule has 1 spiro atoms. The maximum Gasteiger partial charge on any atom is 0.336 e. The number of esters is 1. The molecule has 0 amide bonds. The van der Waals surface area contributed by atoms with Gasteiger partial charge in [-0.25, -0.2) is 4.79 Å². The normalized spacial score (nSPS) is 52.4. The molecule has 0 radical (unpaired) electrons. The second-order valence-electron chi connectivity index (χ2n) is 12.5. The average molecular weight is 471 g/mol. The van der Waals surface area contributed by atoms with E-state index in [1.165, 1.54) is 0 Å². The van der Waals surface area contributed by atoms with Crippen LogP contribution in [0.5, 0.6) is 0 Å². The highest BCUT2D eigenvalue weighted by Crippen LogP contribution is 2.73. The van der Waals surface area contributed by atoms with Gasteiger partial charge in [0.15, 0.2) is 5.78 Å². The molecule has 1 saturated heterocycles. The fourth-order valence-electron chi connectivity index (χ4n) is 9.69. The monoisotopic (exact) mass is 470 g/mol. The van der Waals surface area contributed by atoms with Gasteiger partial charge in [0.2, 0.25) is 0 Å². The maximum atomic E-state index is 13.3. The number of hydrogen-bond acceptors (Lipinski definition) is 6. The smallest absolute Gasteiger partial charge is 0.336 e. The lowest BCUT2D eigenvalue weighted by Gasteiger charge is -2.58. The Morgan fingerprint density at radius 2 is 1.94 bits per heavy atom. The highest BCUT2D eigenvalue weighted by molar-refractivity contribution is 5.98. The maximum absolute atomic E-state index is 13.3. The Bertz CT molecular complexity index is 999. The predicted molar refractivity (Wildman–Crippen MR) is 124 cm³/mol. The van der Waals surface area contributed by atoms with Crippen molar-refractivity contribution in [3.8, 4) is 0 Å². The lowest BCUT2D eigenvalue weighted by Crippen LogP contribution is -2.63. The first kappa shape index (κ1) is 22.9. The third kappa shape index (κ3) is 2.63. The Morgan fingerprint density at radius 1 is 1.18 bits per heavy atom. The highest BCUT2D eigenvalue weighted by Gasteiger charge is 2.80. The first-order chi connectivity index (χ1) is 16.1. The van der Waals surface area contributed by atoms with Crippen LogP contribution in [0.2, 0.25) is 0 Å². The molecule has 2 N–H and O–H groups in total. The largest absolute Gasteiger partial charge is 0.458 e. The van der Waals surface area contributed by atoms with Crippen molar-refractivity contribution in [3.63, 3.8) is 0 Å². The summed E-state index contributed by atoms with van der Waals surface area (Å²) in [5.41, 5.74) is 0.129. The highest BCUT2D eigenvalue weighted by atomic mass is 16.6. The molecule has 0 aromatic carbocycles. The fraction of sp³-hybridized carbons (Fsp3) is 0.786. The van der Waals surface area contributed by atoms with Gasteiger partial charge in [0, 0.05) is 6.42 Å². The number of rotatable bonds is 3. The Kier molecular flexibility index (Phi) is 4.90. The number of carbonyl (C=O) groups excluding carboxylic acids is 2. The van der Waals surface area contributed by atoms with Crippen LogP contribution in [-0.4, -0.2) is 52.5 Å². The van der Waals surface area contributed by atoms with Crippen molar-refractivity contribution in [2.24, 2.45) is 40.4 Å². The number of ketones is 1. The number of hydrogen-bond donors (Lipinski definition) is 2. The summed E-state index contributed by atoms with van der Waals surface area (Å²) < 4.78 is 12.1. The van der Waals surface area contributed by atoms with Crippen LogP contribution < -0.4 is 0 Å². The van der Waals surface area contributed by atoms with Gasteiger partial charge >= 0.3 is 5.97 Å². The van der Waals surface area contributed by atoms with Gasteiger partial charge in [-0.15, -0.1) is 0 Å². The number of aliphatic hydroxyl groups excluding tert-OH is 2. The van der Waals surface area contributed by atoms with Crippen LogP contribution in [0.25, 0.3) is 0 Å². The molecule has 186 valence electrons. The van der Waals surface area contributed by atoms with Crippen LogP contribution in [0, 0.1) is 40.4 Å². The predicted octanol–water partition coefficient (Wildman–Crippen LogP) is 3.35. The molecule has 0 aromatic heterocycles. The Hall–Kier alpha value is -1.50. The van der Waals surface area contributed by atoms with E-state index < -0.39 is 17.1 Å². The zero-order valence-electron chi connectivity index (χ0n) is 20.8. The Morgan fingerprint density at radius 3 is 2.65 bits per heavy atom. The second-order valence-corrected chi connectivity index (χ2v) is 12.5. The minimum Gasteiger partial charge on any atom is -0.458 e. The van der Waals surface area contributed by atoms with Gasteiger partial charge in [0.05, 0.1) is 23.7 Å². The third-order valence-electron chi connectivity index (χ3n) is 11.6. The summed E-state index contributed by atoms with van der Waals surface area (Å²) in [7, 11) is 0. The number of fused-ring (bicyclic) bond motifs is 4. The van der Waals surface area contributed by atoms with Crippen LogP contribution in [0.1, 0.15) is 66.2 Å². The molecule has 6 heteroatoms. The molecule has 4 fully saturated rings. The number of ether oxygens (including phenoxy) is 2. The second kappa shape index (κ2) is 7.27. The molecule has 34 heavy (non-hydrogen) atoms. The van der Waals surface area contributed by atoms with Crippen LogP contribution in [-0.2, 0) is 19.1 Å². The molecule has 6 nitrogen and oxygen atoms in total. The molecular formula is C28H38O6. The van der Waals surface area contributed by atoms with Crippen molar-refractivity contribution in [1.82, 2.24) is 0 Å². The first-order valence-electron chi connectivity index (χ1n) is 13.2. The van der Waals surface area contributed by atoms with Gasteiger partial charge < -0.3 is 19.7 Å². The van der Waals surface area contributed by atoms with Crippen molar-refractivity contribution in [2.45, 2.75) is 90.1 Å². The zero-order valence-corrected chi connectivity index (χ0v) is 20.8. The van der Waals surface area contributed by atoms with Gasteiger partial charge in [-0.3, -0.25) is 4.79 Å². The standard InChI is InChI=1S/C28H38O6/c1-14-11-21(33-25(32)17(14)13-29)15(2)18-5-6-19-16-12-24-28(34-24)23(31)8-7-22(30)27(28,4)20(16)9-10-26(18,19)3/h7-8,15-16,18-21,23-24,29,31H,5-6,9-13H2,1-4H3/t15-,16?,18?,19?,20?,21?,23-,24+,26+,27-,28+/m0/s1. The summed E-state index contributed by atoms with van der Waals surface area (Å²) in [5.74, 6) is 1.61. The van der Waals surface area contributed by atoms with Crippen LogP contribution in [0.15, 0.2) is 23.3 Å². The quantitative estimate of drug-likeness (QED) is 0.485. The summed E-state index contributed by atoms with van der Waals surface area (Å²) in [4.78, 5) is 25.8. The van der Waals surface area contributed by atoms with Crippen molar-refractivity contribution >= 4 is 11.8 Å².